The fourth-order valence-electron chi connectivity index (χ4n) is 3.44. The molecule has 0 aliphatic heterocycles. The second kappa shape index (κ2) is 7.38. The first kappa shape index (κ1) is 19.2. The molecular weight excluding hydrogens is 408 g/mol. The number of benzene rings is 2. The van der Waals surface area contributed by atoms with Crippen LogP contribution in [0.15, 0.2) is 66.0 Å². The highest BCUT2D eigenvalue weighted by Crippen LogP contribution is 2.37. The zero-order valence-corrected chi connectivity index (χ0v) is 17.1. The molecule has 0 saturated heterocycles. The second-order valence-electron chi connectivity index (χ2n) is 6.68. The van der Waals surface area contributed by atoms with Crippen molar-refractivity contribution in [2.24, 2.45) is 0 Å². The van der Waals surface area contributed by atoms with Gasteiger partial charge >= 0.3 is 5.97 Å². The number of thiophene rings is 1. The lowest BCUT2D eigenvalue weighted by Gasteiger charge is -2.10. The number of para-hydroxylation sites is 1. The number of nitrogens with one attached hydrogen (secondary N) is 1. The summed E-state index contributed by atoms with van der Waals surface area (Å²) in [6.45, 7) is 0.354. The van der Waals surface area contributed by atoms with Crippen molar-refractivity contribution in [2.45, 2.75) is 6.54 Å². The first-order chi connectivity index (χ1) is 13.8. The van der Waals surface area contributed by atoms with Gasteiger partial charge in [0.05, 0.1) is 6.26 Å². The average Bonchev–Trinajstić information content (AvgIpc) is 3.28. The molecule has 8 heteroatoms. The highest BCUT2D eigenvalue weighted by molar-refractivity contribution is 7.92. The molecule has 2 aromatic heterocycles. The van der Waals surface area contributed by atoms with Crippen molar-refractivity contribution in [3.63, 3.8) is 0 Å². The molecule has 148 valence electrons. The number of hydrogen-bond acceptors (Lipinski definition) is 4. The van der Waals surface area contributed by atoms with E-state index in [9.17, 15) is 18.3 Å². The molecule has 0 atom stereocenters. The van der Waals surface area contributed by atoms with Crippen LogP contribution in [0.2, 0.25) is 0 Å². The Hall–Kier alpha value is -3.10. The quantitative estimate of drug-likeness (QED) is 0.476. The van der Waals surface area contributed by atoms with E-state index < -0.39 is 16.0 Å². The van der Waals surface area contributed by atoms with Crippen molar-refractivity contribution in [3.8, 4) is 10.4 Å². The molecule has 4 rings (SSSR count). The van der Waals surface area contributed by atoms with Crippen molar-refractivity contribution in [1.82, 2.24) is 4.57 Å². The number of anilines is 1. The molecule has 0 radical (unpaired) electrons. The van der Waals surface area contributed by atoms with Crippen LogP contribution in [0.4, 0.5) is 5.69 Å². The molecule has 0 unspecified atom stereocenters. The third-order valence-corrected chi connectivity index (χ3v) is 6.03. The predicted octanol–water partition coefficient (Wildman–Crippen LogP) is 4.49. The molecule has 0 saturated carbocycles. The van der Waals surface area contributed by atoms with Crippen molar-refractivity contribution < 1.29 is 18.3 Å². The number of nitrogens with zero attached hydrogens (tertiary/aromatic N) is 1. The summed E-state index contributed by atoms with van der Waals surface area (Å²) in [4.78, 5) is 13.1. The normalized spacial score (nSPS) is 11.6. The number of carboxylic acid groups (broad SMARTS) is 1. The molecule has 0 aliphatic carbocycles. The Balaban J connectivity index is 1.82. The van der Waals surface area contributed by atoms with E-state index in [1.165, 1.54) is 11.3 Å². The van der Waals surface area contributed by atoms with Gasteiger partial charge in [-0.05, 0) is 35.2 Å². The van der Waals surface area contributed by atoms with Gasteiger partial charge in [-0.15, -0.1) is 11.3 Å². The highest BCUT2D eigenvalue weighted by atomic mass is 32.2. The number of aromatic carboxylic acids is 1. The van der Waals surface area contributed by atoms with Crippen LogP contribution in [0.5, 0.6) is 0 Å². The maximum absolute atomic E-state index is 12.2. The fourth-order valence-corrected chi connectivity index (χ4v) is 4.78. The van der Waals surface area contributed by atoms with Gasteiger partial charge in [0, 0.05) is 33.6 Å². The Labute approximate surface area is 172 Å². The average molecular weight is 427 g/mol. The summed E-state index contributed by atoms with van der Waals surface area (Å²) < 4.78 is 27.0. The van der Waals surface area contributed by atoms with Gasteiger partial charge in [0.2, 0.25) is 10.0 Å². The van der Waals surface area contributed by atoms with E-state index in [1.54, 1.807) is 28.8 Å². The number of fused-ring (bicyclic) bond motifs is 1. The Morgan fingerprint density at radius 2 is 1.79 bits per heavy atom. The van der Waals surface area contributed by atoms with Crippen molar-refractivity contribution in [1.29, 1.82) is 0 Å². The van der Waals surface area contributed by atoms with Gasteiger partial charge in [-0.25, -0.2) is 13.2 Å². The fraction of sp³-hybridized carbons (Fsp3) is 0.0952. The molecule has 0 bridgehead atoms. The maximum atomic E-state index is 12.2. The van der Waals surface area contributed by atoms with Crippen LogP contribution in [-0.2, 0) is 16.6 Å². The number of hydrogen-bond donors (Lipinski definition) is 2. The van der Waals surface area contributed by atoms with Crippen LogP contribution in [0.25, 0.3) is 21.3 Å². The Kier molecular flexibility index (Phi) is 4.89. The van der Waals surface area contributed by atoms with Crippen LogP contribution in [0.3, 0.4) is 0 Å². The third kappa shape index (κ3) is 3.90. The number of rotatable bonds is 6. The minimum absolute atomic E-state index is 0.243. The highest BCUT2D eigenvalue weighted by Gasteiger charge is 2.24. The van der Waals surface area contributed by atoms with Gasteiger partial charge in [0.25, 0.3) is 0 Å². The lowest BCUT2D eigenvalue weighted by atomic mass is 10.1. The topological polar surface area (TPSA) is 88.4 Å². The van der Waals surface area contributed by atoms with E-state index in [0.717, 1.165) is 33.2 Å². The predicted molar refractivity (Wildman–Crippen MR) is 116 cm³/mol. The van der Waals surface area contributed by atoms with Crippen molar-refractivity contribution >= 4 is 43.9 Å². The van der Waals surface area contributed by atoms with Crippen LogP contribution in [0.1, 0.15) is 16.1 Å². The Bertz CT molecular complexity index is 1290. The molecular formula is C21H18N2O4S2. The summed E-state index contributed by atoms with van der Waals surface area (Å²) in [6.07, 6.45) is 1.10. The van der Waals surface area contributed by atoms with E-state index in [0.29, 0.717) is 12.2 Å². The Morgan fingerprint density at radius 1 is 1.07 bits per heavy atom. The van der Waals surface area contributed by atoms with Crippen LogP contribution in [-0.4, -0.2) is 30.3 Å². The molecule has 4 aromatic rings. The summed E-state index contributed by atoms with van der Waals surface area (Å²) in [5.41, 5.74) is 3.13. The van der Waals surface area contributed by atoms with E-state index in [-0.39, 0.29) is 5.69 Å². The van der Waals surface area contributed by atoms with Gasteiger partial charge in [-0.3, -0.25) is 4.72 Å². The number of carbonyl (C=O) groups is 1. The summed E-state index contributed by atoms with van der Waals surface area (Å²) in [6, 6.07) is 18.4. The van der Waals surface area contributed by atoms with E-state index in [4.69, 9.17) is 0 Å². The van der Waals surface area contributed by atoms with E-state index >= 15 is 0 Å². The molecule has 6 nitrogen and oxygen atoms in total. The lowest BCUT2D eigenvalue weighted by molar-refractivity contribution is 0.0687. The van der Waals surface area contributed by atoms with Gasteiger partial charge < -0.3 is 9.67 Å². The molecule has 29 heavy (non-hydrogen) atoms. The summed E-state index contributed by atoms with van der Waals surface area (Å²) >= 11 is 1.51. The number of aromatic nitrogens is 1. The first-order valence-corrected chi connectivity index (χ1v) is 11.6. The molecule has 0 aliphatic rings. The van der Waals surface area contributed by atoms with Gasteiger partial charge in [0.15, 0.2) is 0 Å². The van der Waals surface area contributed by atoms with E-state index in [2.05, 4.69) is 4.72 Å². The monoisotopic (exact) mass is 426 g/mol. The lowest BCUT2D eigenvalue weighted by Crippen LogP contribution is -2.11. The van der Waals surface area contributed by atoms with Gasteiger partial charge in [-0.2, -0.15) is 0 Å². The molecule has 2 heterocycles. The van der Waals surface area contributed by atoms with Gasteiger partial charge in [0.1, 0.15) is 5.69 Å². The molecule has 0 amide bonds. The molecule has 0 fully saturated rings. The first-order valence-electron chi connectivity index (χ1n) is 8.78. The number of sulfonamides is 1. The Morgan fingerprint density at radius 3 is 2.41 bits per heavy atom. The number of carboxylic acids is 1. The van der Waals surface area contributed by atoms with Crippen molar-refractivity contribution in [2.75, 3.05) is 11.0 Å². The van der Waals surface area contributed by atoms with Crippen molar-refractivity contribution in [3.05, 3.63) is 77.3 Å². The standard InChI is InChI=1S/C21H18N2O4S2/c1-29(26,27)22-15-10-8-14(9-11-15)13-23-17-6-3-2-5-16(17)19(20(23)21(24)25)18-7-4-12-28-18/h2-12,22H,13H2,1H3,(H,24,25). The SMILES string of the molecule is CS(=O)(=O)Nc1ccc(Cn2c(C(=O)O)c(-c3cccs3)c3ccccc32)cc1. The minimum Gasteiger partial charge on any atom is -0.477 e. The molecule has 0 spiro atoms. The van der Waals surface area contributed by atoms with Crippen LogP contribution >= 0.6 is 11.3 Å². The maximum Gasteiger partial charge on any atom is 0.353 e. The zero-order chi connectivity index (χ0) is 20.6. The second-order valence-corrected chi connectivity index (χ2v) is 9.38. The smallest absolute Gasteiger partial charge is 0.353 e. The summed E-state index contributed by atoms with van der Waals surface area (Å²) in [7, 11) is -3.35. The zero-order valence-electron chi connectivity index (χ0n) is 15.5. The van der Waals surface area contributed by atoms with E-state index in [1.807, 2.05) is 41.8 Å². The molecule has 2 N–H and O–H groups in total. The van der Waals surface area contributed by atoms with Crippen LogP contribution in [0, 0.1) is 0 Å². The summed E-state index contributed by atoms with van der Waals surface area (Å²) in [5, 5.41) is 12.8. The minimum atomic E-state index is -3.35. The molecule has 2 aromatic carbocycles. The largest absolute Gasteiger partial charge is 0.477 e. The summed E-state index contributed by atoms with van der Waals surface area (Å²) in [5.74, 6) is -0.986. The van der Waals surface area contributed by atoms with Crippen LogP contribution < -0.4 is 4.72 Å². The van der Waals surface area contributed by atoms with Gasteiger partial charge in [-0.1, -0.05) is 36.4 Å². The third-order valence-electron chi connectivity index (χ3n) is 4.54.